The maximum absolute atomic E-state index is 11.5. The van der Waals surface area contributed by atoms with Gasteiger partial charge in [-0.05, 0) is 37.3 Å². The first-order valence-corrected chi connectivity index (χ1v) is 6.07. The lowest BCUT2D eigenvalue weighted by atomic mass is 10.3. The van der Waals surface area contributed by atoms with Gasteiger partial charge >= 0.3 is 0 Å². The van der Waals surface area contributed by atoms with Gasteiger partial charge in [-0.1, -0.05) is 11.6 Å². The number of aromatic nitrogens is 2. The topological polar surface area (TPSA) is 46.9 Å². The van der Waals surface area contributed by atoms with Crippen molar-refractivity contribution in [2.75, 3.05) is 11.9 Å². The number of halogens is 1. The SMILES string of the molecule is Cc1ccc(=O)n(CCNc2ccc(Cl)cc2)n1. The lowest BCUT2D eigenvalue weighted by Crippen LogP contribution is -2.25. The highest BCUT2D eigenvalue weighted by atomic mass is 35.5. The maximum Gasteiger partial charge on any atom is 0.266 e. The predicted molar refractivity (Wildman–Crippen MR) is 73.2 cm³/mol. The van der Waals surface area contributed by atoms with E-state index < -0.39 is 0 Å². The molecule has 0 saturated heterocycles. The molecule has 0 unspecified atom stereocenters. The third-order valence-electron chi connectivity index (χ3n) is 2.50. The van der Waals surface area contributed by atoms with E-state index in [2.05, 4.69) is 10.4 Å². The fourth-order valence-electron chi connectivity index (χ4n) is 1.59. The molecule has 0 amide bonds. The van der Waals surface area contributed by atoms with Crippen LogP contribution in [0.5, 0.6) is 0 Å². The van der Waals surface area contributed by atoms with E-state index >= 15 is 0 Å². The lowest BCUT2D eigenvalue weighted by molar-refractivity contribution is 0.589. The van der Waals surface area contributed by atoms with Crippen LogP contribution in [0.3, 0.4) is 0 Å². The molecule has 2 aromatic rings. The monoisotopic (exact) mass is 263 g/mol. The second kappa shape index (κ2) is 5.69. The van der Waals surface area contributed by atoms with E-state index in [0.29, 0.717) is 18.1 Å². The summed E-state index contributed by atoms with van der Waals surface area (Å²) in [7, 11) is 0. The smallest absolute Gasteiger partial charge is 0.266 e. The number of rotatable bonds is 4. The summed E-state index contributed by atoms with van der Waals surface area (Å²) < 4.78 is 1.46. The number of nitrogens with zero attached hydrogens (tertiary/aromatic N) is 2. The van der Waals surface area contributed by atoms with Gasteiger partial charge in [-0.3, -0.25) is 4.79 Å². The quantitative estimate of drug-likeness (QED) is 0.921. The van der Waals surface area contributed by atoms with Crippen molar-refractivity contribution in [3.05, 3.63) is 57.5 Å². The van der Waals surface area contributed by atoms with E-state index in [-0.39, 0.29) is 5.56 Å². The molecular formula is C13H14ClN3O. The van der Waals surface area contributed by atoms with Crippen molar-refractivity contribution < 1.29 is 0 Å². The van der Waals surface area contributed by atoms with Crippen LogP contribution in [0.25, 0.3) is 0 Å². The predicted octanol–water partition coefficient (Wildman–Crippen LogP) is 2.32. The average Bonchev–Trinajstić information content (AvgIpc) is 2.36. The summed E-state index contributed by atoms with van der Waals surface area (Å²) >= 11 is 5.80. The molecule has 0 aliphatic rings. The maximum atomic E-state index is 11.5. The van der Waals surface area contributed by atoms with Crippen molar-refractivity contribution >= 4 is 17.3 Å². The highest BCUT2D eigenvalue weighted by Crippen LogP contribution is 2.12. The number of anilines is 1. The van der Waals surface area contributed by atoms with Crippen molar-refractivity contribution in [2.45, 2.75) is 13.5 Å². The Bertz CT molecular complexity index is 578. The van der Waals surface area contributed by atoms with Gasteiger partial charge in [0.05, 0.1) is 12.2 Å². The fraction of sp³-hybridized carbons (Fsp3) is 0.231. The van der Waals surface area contributed by atoms with E-state index in [9.17, 15) is 4.79 Å². The first kappa shape index (κ1) is 12.6. The number of hydrogen-bond acceptors (Lipinski definition) is 3. The Labute approximate surface area is 110 Å². The van der Waals surface area contributed by atoms with Gasteiger partial charge in [-0.25, -0.2) is 4.68 Å². The zero-order valence-electron chi connectivity index (χ0n) is 10.1. The fourth-order valence-corrected chi connectivity index (χ4v) is 1.71. The van der Waals surface area contributed by atoms with Crippen molar-refractivity contribution in [1.29, 1.82) is 0 Å². The highest BCUT2D eigenvalue weighted by molar-refractivity contribution is 6.30. The molecule has 0 radical (unpaired) electrons. The van der Waals surface area contributed by atoms with Crippen molar-refractivity contribution in [1.82, 2.24) is 9.78 Å². The zero-order chi connectivity index (χ0) is 13.0. The molecule has 1 aromatic carbocycles. The molecule has 5 heteroatoms. The van der Waals surface area contributed by atoms with Crippen LogP contribution in [-0.4, -0.2) is 16.3 Å². The minimum absolute atomic E-state index is 0.0847. The Balaban J connectivity index is 1.94. The molecule has 4 nitrogen and oxygen atoms in total. The molecule has 18 heavy (non-hydrogen) atoms. The Morgan fingerprint density at radius 2 is 1.94 bits per heavy atom. The second-order valence-corrected chi connectivity index (χ2v) is 4.41. The van der Waals surface area contributed by atoms with Crippen molar-refractivity contribution in [3.8, 4) is 0 Å². The van der Waals surface area contributed by atoms with Crippen LogP contribution in [0, 0.1) is 6.92 Å². The van der Waals surface area contributed by atoms with Gasteiger partial charge in [-0.2, -0.15) is 5.10 Å². The number of benzene rings is 1. The summed E-state index contributed by atoms with van der Waals surface area (Å²) in [6.45, 7) is 3.03. The Morgan fingerprint density at radius 3 is 2.67 bits per heavy atom. The first-order valence-electron chi connectivity index (χ1n) is 5.69. The minimum atomic E-state index is -0.0847. The largest absolute Gasteiger partial charge is 0.383 e. The van der Waals surface area contributed by atoms with Crippen LogP contribution >= 0.6 is 11.6 Å². The van der Waals surface area contributed by atoms with Crippen LogP contribution < -0.4 is 10.9 Å². The van der Waals surface area contributed by atoms with E-state index in [1.54, 1.807) is 6.07 Å². The van der Waals surface area contributed by atoms with Crippen LogP contribution in [0.2, 0.25) is 5.02 Å². The van der Waals surface area contributed by atoms with E-state index in [0.717, 1.165) is 11.4 Å². The number of aryl methyl sites for hydroxylation is 1. The van der Waals surface area contributed by atoms with Gasteiger partial charge in [0.1, 0.15) is 0 Å². The molecule has 1 N–H and O–H groups in total. The Kier molecular flexibility index (Phi) is 3.99. The molecule has 1 heterocycles. The third kappa shape index (κ3) is 3.34. The molecule has 0 fully saturated rings. The zero-order valence-corrected chi connectivity index (χ0v) is 10.8. The summed E-state index contributed by atoms with van der Waals surface area (Å²) in [5.41, 5.74) is 1.72. The standard InChI is InChI=1S/C13H14ClN3O/c1-10-2-7-13(18)17(16-10)9-8-15-12-5-3-11(14)4-6-12/h2-7,15H,8-9H2,1H3. The van der Waals surface area contributed by atoms with Crippen molar-refractivity contribution in [2.24, 2.45) is 0 Å². The molecule has 0 atom stereocenters. The normalized spacial score (nSPS) is 10.3. The summed E-state index contributed by atoms with van der Waals surface area (Å²) in [4.78, 5) is 11.5. The van der Waals surface area contributed by atoms with Crippen molar-refractivity contribution in [3.63, 3.8) is 0 Å². The lowest BCUT2D eigenvalue weighted by Gasteiger charge is -2.08. The molecule has 0 aliphatic carbocycles. The second-order valence-electron chi connectivity index (χ2n) is 3.97. The van der Waals surface area contributed by atoms with Crippen LogP contribution in [0.1, 0.15) is 5.69 Å². The van der Waals surface area contributed by atoms with Crippen LogP contribution in [0.15, 0.2) is 41.2 Å². The third-order valence-corrected chi connectivity index (χ3v) is 2.75. The van der Waals surface area contributed by atoms with Crippen LogP contribution in [0.4, 0.5) is 5.69 Å². The molecule has 94 valence electrons. The highest BCUT2D eigenvalue weighted by Gasteiger charge is 1.98. The van der Waals surface area contributed by atoms with E-state index in [4.69, 9.17) is 11.6 Å². The van der Waals surface area contributed by atoms with Gasteiger partial charge in [0.25, 0.3) is 5.56 Å². The minimum Gasteiger partial charge on any atom is -0.383 e. The summed E-state index contributed by atoms with van der Waals surface area (Å²) in [6.07, 6.45) is 0. The molecule has 0 saturated carbocycles. The molecule has 1 aromatic heterocycles. The molecule has 0 bridgehead atoms. The van der Waals surface area contributed by atoms with Gasteiger partial charge in [-0.15, -0.1) is 0 Å². The van der Waals surface area contributed by atoms with Gasteiger partial charge in [0.15, 0.2) is 0 Å². The Hall–Kier alpha value is -1.81. The molecular weight excluding hydrogens is 250 g/mol. The summed E-state index contributed by atoms with van der Waals surface area (Å²) in [5, 5.41) is 8.08. The van der Waals surface area contributed by atoms with Gasteiger partial charge < -0.3 is 5.32 Å². The van der Waals surface area contributed by atoms with Crippen LogP contribution in [-0.2, 0) is 6.54 Å². The Morgan fingerprint density at radius 1 is 1.22 bits per heavy atom. The van der Waals surface area contributed by atoms with Gasteiger partial charge in [0.2, 0.25) is 0 Å². The molecule has 0 aliphatic heterocycles. The first-order chi connectivity index (χ1) is 8.65. The number of nitrogens with one attached hydrogen (secondary N) is 1. The average molecular weight is 264 g/mol. The summed E-state index contributed by atoms with van der Waals surface area (Å²) in [6, 6.07) is 10.7. The van der Waals surface area contributed by atoms with E-state index in [1.807, 2.05) is 31.2 Å². The van der Waals surface area contributed by atoms with Gasteiger partial charge in [0, 0.05) is 23.3 Å². The van der Waals surface area contributed by atoms with E-state index in [1.165, 1.54) is 10.7 Å². The summed E-state index contributed by atoms with van der Waals surface area (Å²) in [5.74, 6) is 0. The number of hydrogen-bond donors (Lipinski definition) is 1. The molecule has 0 spiro atoms. The molecule has 2 rings (SSSR count).